The second-order valence-electron chi connectivity index (χ2n) is 2.38. The van der Waals surface area contributed by atoms with E-state index in [2.05, 4.69) is 5.43 Å². The summed E-state index contributed by atoms with van der Waals surface area (Å²) in [6.45, 7) is 0.420. The first-order chi connectivity index (χ1) is 5.77. The molecule has 0 aliphatic heterocycles. The van der Waals surface area contributed by atoms with Crippen LogP contribution < -0.4 is 16.0 Å². The molecule has 4 heteroatoms. The van der Waals surface area contributed by atoms with Crippen LogP contribution in [-0.4, -0.2) is 12.2 Å². The van der Waals surface area contributed by atoms with E-state index < -0.39 is 0 Å². The quantitative estimate of drug-likeness (QED) is 0.450. The van der Waals surface area contributed by atoms with Gasteiger partial charge in [-0.1, -0.05) is 0 Å². The second-order valence-corrected chi connectivity index (χ2v) is 2.38. The first kappa shape index (κ1) is 8.83. The highest BCUT2D eigenvalue weighted by molar-refractivity contribution is 5.39. The van der Waals surface area contributed by atoms with Gasteiger partial charge in [0.25, 0.3) is 0 Å². The number of ether oxygens (including phenoxy) is 1. The van der Waals surface area contributed by atoms with Crippen LogP contribution in [0.1, 0.15) is 5.56 Å². The summed E-state index contributed by atoms with van der Waals surface area (Å²) >= 11 is 0. The number of benzene rings is 1. The minimum absolute atomic E-state index is 0.216. The van der Waals surface area contributed by atoms with Gasteiger partial charge in [-0.05, 0) is 18.2 Å². The molecule has 0 aromatic heterocycles. The van der Waals surface area contributed by atoms with Gasteiger partial charge in [-0.3, -0.25) is 11.3 Å². The van der Waals surface area contributed by atoms with E-state index in [1.54, 1.807) is 25.3 Å². The fourth-order valence-corrected chi connectivity index (χ4v) is 0.940. The molecule has 0 unspecified atom stereocenters. The number of rotatable bonds is 3. The third-order valence-electron chi connectivity index (χ3n) is 1.58. The maximum Gasteiger partial charge on any atom is 0.120 e. The molecule has 0 aliphatic carbocycles. The molecule has 1 aromatic carbocycles. The van der Waals surface area contributed by atoms with Crippen LogP contribution in [0, 0.1) is 0 Å². The smallest absolute Gasteiger partial charge is 0.120 e. The lowest BCUT2D eigenvalue weighted by molar-refractivity contribution is 0.410. The van der Waals surface area contributed by atoms with Crippen molar-refractivity contribution in [1.82, 2.24) is 5.43 Å². The van der Waals surface area contributed by atoms with Crippen LogP contribution in [-0.2, 0) is 6.54 Å². The van der Waals surface area contributed by atoms with Crippen molar-refractivity contribution >= 4 is 0 Å². The minimum Gasteiger partial charge on any atom is -0.508 e. The Hall–Kier alpha value is -1.26. The average molecular weight is 168 g/mol. The highest BCUT2D eigenvalue weighted by atomic mass is 16.5. The van der Waals surface area contributed by atoms with E-state index in [4.69, 9.17) is 10.6 Å². The maximum atomic E-state index is 9.31. The standard InChI is InChI=1S/C8H12N2O2/c1-12-7-2-3-8(11)6(4-7)5-10-9/h2-4,10-11H,5,9H2,1H3. The number of methoxy groups -OCH3 is 1. The van der Waals surface area contributed by atoms with Gasteiger partial charge >= 0.3 is 0 Å². The van der Waals surface area contributed by atoms with Gasteiger partial charge in [0, 0.05) is 12.1 Å². The summed E-state index contributed by atoms with van der Waals surface area (Å²) in [7, 11) is 1.58. The summed E-state index contributed by atoms with van der Waals surface area (Å²) in [6, 6.07) is 5.00. The van der Waals surface area contributed by atoms with Crippen molar-refractivity contribution < 1.29 is 9.84 Å². The predicted octanol–water partition coefficient (Wildman–Crippen LogP) is 0.364. The number of hydrogen-bond acceptors (Lipinski definition) is 4. The van der Waals surface area contributed by atoms with Gasteiger partial charge in [0.2, 0.25) is 0 Å². The second kappa shape index (κ2) is 3.94. The van der Waals surface area contributed by atoms with Gasteiger partial charge < -0.3 is 9.84 Å². The largest absolute Gasteiger partial charge is 0.508 e. The molecule has 0 aliphatic rings. The number of phenolic OH excluding ortho intramolecular Hbond substituents is 1. The van der Waals surface area contributed by atoms with Crippen LogP contribution in [0.4, 0.5) is 0 Å². The Morgan fingerprint density at radius 2 is 2.33 bits per heavy atom. The Morgan fingerprint density at radius 3 is 2.92 bits per heavy atom. The summed E-state index contributed by atoms with van der Waals surface area (Å²) < 4.78 is 4.98. The number of nitrogens with two attached hydrogens (primary N) is 1. The molecule has 66 valence electrons. The summed E-state index contributed by atoms with van der Waals surface area (Å²) in [5.74, 6) is 6.04. The van der Waals surface area contributed by atoms with Crippen molar-refractivity contribution in [2.45, 2.75) is 6.54 Å². The molecule has 0 amide bonds. The van der Waals surface area contributed by atoms with Crippen LogP contribution in [0.25, 0.3) is 0 Å². The molecular formula is C8H12N2O2. The average Bonchev–Trinajstić information content (AvgIpc) is 2.09. The monoisotopic (exact) mass is 168 g/mol. The van der Waals surface area contributed by atoms with Gasteiger partial charge in [0.1, 0.15) is 11.5 Å². The summed E-state index contributed by atoms with van der Waals surface area (Å²) in [4.78, 5) is 0. The molecule has 0 saturated heterocycles. The fourth-order valence-electron chi connectivity index (χ4n) is 0.940. The molecular weight excluding hydrogens is 156 g/mol. The number of nitrogens with one attached hydrogen (secondary N) is 1. The number of hydrazine groups is 1. The van der Waals surface area contributed by atoms with Gasteiger partial charge in [-0.25, -0.2) is 0 Å². The zero-order chi connectivity index (χ0) is 8.97. The number of phenols is 1. The van der Waals surface area contributed by atoms with Crippen LogP contribution in [0.3, 0.4) is 0 Å². The molecule has 4 N–H and O–H groups in total. The third-order valence-corrected chi connectivity index (χ3v) is 1.58. The molecule has 0 atom stereocenters. The highest BCUT2D eigenvalue weighted by Crippen LogP contribution is 2.22. The van der Waals surface area contributed by atoms with E-state index in [9.17, 15) is 5.11 Å². The van der Waals surface area contributed by atoms with Gasteiger partial charge in [0.05, 0.1) is 7.11 Å². The zero-order valence-corrected chi connectivity index (χ0v) is 6.87. The first-order valence-electron chi connectivity index (χ1n) is 3.57. The molecule has 1 rings (SSSR count). The highest BCUT2D eigenvalue weighted by Gasteiger charge is 2.01. The van der Waals surface area contributed by atoms with E-state index in [0.717, 1.165) is 5.56 Å². The first-order valence-corrected chi connectivity index (χ1v) is 3.57. The lowest BCUT2D eigenvalue weighted by Crippen LogP contribution is -2.20. The Kier molecular flexibility index (Phi) is 2.90. The lowest BCUT2D eigenvalue weighted by atomic mass is 10.2. The Labute approximate surface area is 70.9 Å². The van der Waals surface area contributed by atoms with Gasteiger partial charge in [-0.2, -0.15) is 0 Å². The Bertz CT molecular complexity index is 263. The fraction of sp³-hybridized carbons (Fsp3) is 0.250. The Morgan fingerprint density at radius 1 is 1.58 bits per heavy atom. The zero-order valence-electron chi connectivity index (χ0n) is 6.87. The number of hydrogen-bond donors (Lipinski definition) is 3. The molecule has 0 bridgehead atoms. The van der Waals surface area contributed by atoms with Gasteiger partial charge in [-0.15, -0.1) is 0 Å². The summed E-state index contributed by atoms with van der Waals surface area (Å²) in [6.07, 6.45) is 0. The molecule has 0 saturated carbocycles. The lowest BCUT2D eigenvalue weighted by Gasteiger charge is -2.05. The van der Waals surface area contributed by atoms with E-state index >= 15 is 0 Å². The molecule has 4 nitrogen and oxygen atoms in total. The maximum absolute atomic E-state index is 9.31. The van der Waals surface area contributed by atoms with Crippen molar-refractivity contribution in [1.29, 1.82) is 0 Å². The van der Waals surface area contributed by atoms with Gasteiger partial charge in [0.15, 0.2) is 0 Å². The van der Waals surface area contributed by atoms with Crippen LogP contribution in [0.5, 0.6) is 11.5 Å². The van der Waals surface area contributed by atoms with E-state index in [0.29, 0.717) is 12.3 Å². The van der Waals surface area contributed by atoms with E-state index in [1.165, 1.54) is 0 Å². The Balaban J connectivity index is 2.91. The molecule has 0 fully saturated rings. The van der Waals surface area contributed by atoms with E-state index in [-0.39, 0.29) is 5.75 Å². The molecule has 12 heavy (non-hydrogen) atoms. The predicted molar refractivity (Wildman–Crippen MR) is 45.7 cm³/mol. The molecule has 0 radical (unpaired) electrons. The SMILES string of the molecule is COc1ccc(O)c(CNN)c1. The van der Waals surface area contributed by atoms with E-state index in [1.807, 2.05) is 0 Å². The normalized spacial score (nSPS) is 9.83. The summed E-state index contributed by atoms with van der Waals surface area (Å²) in [5, 5.41) is 9.31. The van der Waals surface area contributed by atoms with Crippen LogP contribution in [0.2, 0.25) is 0 Å². The topological polar surface area (TPSA) is 67.5 Å². The summed E-state index contributed by atoms with van der Waals surface area (Å²) in [5.41, 5.74) is 3.18. The van der Waals surface area contributed by atoms with Crippen molar-refractivity contribution in [3.05, 3.63) is 23.8 Å². The van der Waals surface area contributed by atoms with Crippen LogP contribution >= 0.6 is 0 Å². The minimum atomic E-state index is 0.216. The van der Waals surface area contributed by atoms with Crippen molar-refractivity contribution in [2.24, 2.45) is 5.84 Å². The van der Waals surface area contributed by atoms with Crippen LogP contribution in [0.15, 0.2) is 18.2 Å². The molecule has 0 heterocycles. The van der Waals surface area contributed by atoms with Crippen molar-refractivity contribution in [3.63, 3.8) is 0 Å². The number of aromatic hydroxyl groups is 1. The van der Waals surface area contributed by atoms with Crippen molar-refractivity contribution in [3.8, 4) is 11.5 Å². The molecule has 0 spiro atoms. The third kappa shape index (κ3) is 1.87. The van der Waals surface area contributed by atoms with Crippen molar-refractivity contribution in [2.75, 3.05) is 7.11 Å². The molecule has 1 aromatic rings.